The molecule has 2 unspecified atom stereocenters. The summed E-state index contributed by atoms with van der Waals surface area (Å²) in [6.45, 7) is 6.52. The van der Waals surface area contributed by atoms with E-state index in [-0.39, 0.29) is 0 Å². The fourth-order valence-corrected chi connectivity index (χ4v) is 3.31. The smallest absolute Gasteiger partial charge is 0.222 e. The molecule has 2 heterocycles. The second-order valence-corrected chi connectivity index (χ2v) is 5.75. The third kappa shape index (κ3) is 4.46. The number of likely N-dealkylation sites (tertiary alicyclic amines) is 1. The highest BCUT2D eigenvalue weighted by Gasteiger charge is 2.30. The van der Waals surface area contributed by atoms with Crippen molar-refractivity contribution < 1.29 is 9.53 Å². The van der Waals surface area contributed by atoms with E-state index in [9.17, 15) is 4.79 Å². The van der Waals surface area contributed by atoms with Crippen LogP contribution in [0.25, 0.3) is 0 Å². The number of nitrogens with one attached hydrogen (secondary N) is 1. The first-order valence-electron chi connectivity index (χ1n) is 7.90. The number of nitrogens with zero attached hydrogens (tertiary/aromatic N) is 1. The summed E-state index contributed by atoms with van der Waals surface area (Å²) in [6, 6.07) is 0.652. The highest BCUT2D eigenvalue weighted by molar-refractivity contribution is 5.76. The van der Waals surface area contributed by atoms with Gasteiger partial charge in [-0.05, 0) is 51.5 Å². The van der Waals surface area contributed by atoms with E-state index >= 15 is 0 Å². The van der Waals surface area contributed by atoms with Crippen LogP contribution in [0.3, 0.4) is 0 Å². The maximum Gasteiger partial charge on any atom is 0.222 e. The Morgan fingerprint density at radius 2 is 2.26 bits per heavy atom. The summed E-state index contributed by atoms with van der Waals surface area (Å²) in [5.74, 6) is 0.995. The summed E-state index contributed by atoms with van der Waals surface area (Å²) in [5.41, 5.74) is 0. The van der Waals surface area contributed by atoms with Crippen molar-refractivity contribution in [2.45, 2.75) is 51.5 Å². The van der Waals surface area contributed by atoms with Gasteiger partial charge >= 0.3 is 0 Å². The Labute approximate surface area is 116 Å². The third-order valence-corrected chi connectivity index (χ3v) is 4.36. The molecule has 0 aromatic heterocycles. The van der Waals surface area contributed by atoms with Gasteiger partial charge in [0.15, 0.2) is 0 Å². The van der Waals surface area contributed by atoms with Gasteiger partial charge in [0.05, 0.1) is 0 Å². The van der Waals surface area contributed by atoms with Gasteiger partial charge in [-0.15, -0.1) is 0 Å². The largest absolute Gasteiger partial charge is 0.382 e. The molecule has 0 radical (unpaired) electrons. The Balaban J connectivity index is 1.71. The van der Waals surface area contributed by atoms with Crippen LogP contribution >= 0.6 is 0 Å². The van der Waals surface area contributed by atoms with Crippen molar-refractivity contribution in [1.29, 1.82) is 0 Å². The molecule has 2 aliphatic heterocycles. The van der Waals surface area contributed by atoms with E-state index < -0.39 is 0 Å². The fraction of sp³-hybridized carbons (Fsp3) is 0.933. The zero-order valence-electron chi connectivity index (χ0n) is 12.2. The van der Waals surface area contributed by atoms with Crippen LogP contribution in [0.15, 0.2) is 0 Å². The molecule has 2 fully saturated rings. The van der Waals surface area contributed by atoms with Crippen LogP contribution in [0.2, 0.25) is 0 Å². The molecule has 0 spiro atoms. The predicted molar refractivity (Wildman–Crippen MR) is 76.1 cm³/mol. The summed E-state index contributed by atoms with van der Waals surface area (Å²) >= 11 is 0. The zero-order chi connectivity index (χ0) is 13.5. The highest BCUT2D eigenvalue weighted by atomic mass is 16.5. The first-order valence-corrected chi connectivity index (χ1v) is 7.90. The van der Waals surface area contributed by atoms with Gasteiger partial charge in [0.25, 0.3) is 0 Å². The lowest BCUT2D eigenvalue weighted by Gasteiger charge is -2.36. The van der Waals surface area contributed by atoms with Crippen molar-refractivity contribution in [3.8, 4) is 0 Å². The second kappa shape index (κ2) is 7.85. The van der Waals surface area contributed by atoms with Crippen molar-refractivity contribution in [2.75, 3.05) is 32.8 Å². The second-order valence-electron chi connectivity index (χ2n) is 5.75. The van der Waals surface area contributed by atoms with Crippen LogP contribution in [0, 0.1) is 5.92 Å². The molecule has 4 heteroatoms. The number of ether oxygens (including phenoxy) is 1. The minimum atomic E-state index is 0.322. The lowest BCUT2D eigenvalue weighted by Crippen LogP contribution is -2.45. The lowest BCUT2D eigenvalue weighted by molar-refractivity contribution is -0.133. The Bertz CT molecular complexity index is 277. The number of hydrogen-bond acceptors (Lipinski definition) is 3. The van der Waals surface area contributed by atoms with E-state index in [1.807, 2.05) is 6.92 Å². The molecule has 110 valence electrons. The monoisotopic (exact) mass is 268 g/mol. The van der Waals surface area contributed by atoms with Crippen LogP contribution in [0.5, 0.6) is 0 Å². The standard InChI is InChI=1S/C15H28N2O2/c1-2-19-11-5-8-15(18)17-10-4-6-13(12-17)14-7-3-9-16-14/h13-14,16H,2-12H2,1H3. The molecule has 2 atom stereocenters. The Hall–Kier alpha value is -0.610. The summed E-state index contributed by atoms with van der Waals surface area (Å²) in [5, 5.41) is 3.59. The molecule has 2 aliphatic rings. The number of amides is 1. The molecule has 0 aliphatic carbocycles. The summed E-state index contributed by atoms with van der Waals surface area (Å²) < 4.78 is 5.29. The van der Waals surface area contributed by atoms with Crippen LogP contribution in [0.4, 0.5) is 0 Å². The maximum atomic E-state index is 12.2. The summed E-state index contributed by atoms with van der Waals surface area (Å²) in [4.78, 5) is 14.3. The molecule has 1 amide bonds. The molecule has 0 saturated carbocycles. The van der Waals surface area contributed by atoms with Gasteiger partial charge in [-0.25, -0.2) is 0 Å². The van der Waals surface area contributed by atoms with Gasteiger partial charge in [0, 0.05) is 38.8 Å². The Morgan fingerprint density at radius 1 is 1.37 bits per heavy atom. The molecular formula is C15H28N2O2. The molecule has 19 heavy (non-hydrogen) atoms. The van der Waals surface area contributed by atoms with Crippen molar-refractivity contribution in [3.63, 3.8) is 0 Å². The molecule has 0 aromatic carbocycles. The van der Waals surface area contributed by atoms with Gasteiger partial charge in [-0.3, -0.25) is 4.79 Å². The van der Waals surface area contributed by atoms with Gasteiger partial charge in [-0.1, -0.05) is 0 Å². The topological polar surface area (TPSA) is 41.6 Å². The number of piperidine rings is 1. The SMILES string of the molecule is CCOCCCC(=O)N1CCCC(C2CCCN2)C1. The van der Waals surface area contributed by atoms with E-state index in [0.717, 1.165) is 32.7 Å². The van der Waals surface area contributed by atoms with Gasteiger partial charge in [0.1, 0.15) is 0 Å². The normalized spacial score (nSPS) is 27.7. The molecule has 0 bridgehead atoms. The van der Waals surface area contributed by atoms with Gasteiger partial charge in [-0.2, -0.15) is 0 Å². The first-order chi connectivity index (χ1) is 9.31. The predicted octanol–water partition coefficient (Wildman–Crippen LogP) is 1.79. The molecule has 2 rings (SSSR count). The van der Waals surface area contributed by atoms with Crippen LogP contribution in [-0.2, 0) is 9.53 Å². The van der Waals surface area contributed by atoms with E-state index in [1.165, 1.54) is 25.7 Å². The van der Waals surface area contributed by atoms with E-state index in [2.05, 4.69) is 10.2 Å². The molecule has 4 nitrogen and oxygen atoms in total. The zero-order valence-corrected chi connectivity index (χ0v) is 12.2. The average molecular weight is 268 g/mol. The van der Waals surface area contributed by atoms with Crippen LogP contribution in [-0.4, -0.2) is 49.7 Å². The average Bonchev–Trinajstić information content (AvgIpc) is 2.98. The van der Waals surface area contributed by atoms with Gasteiger partial charge in [0.2, 0.25) is 5.91 Å². The maximum absolute atomic E-state index is 12.2. The van der Waals surface area contributed by atoms with Crippen LogP contribution < -0.4 is 5.32 Å². The minimum Gasteiger partial charge on any atom is -0.382 e. The van der Waals surface area contributed by atoms with E-state index in [1.54, 1.807) is 0 Å². The molecule has 2 saturated heterocycles. The molecular weight excluding hydrogens is 240 g/mol. The molecule has 0 aromatic rings. The van der Waals surface area contributed by atoms with Crippen molar-refractivity contribution in [2.24, 2.45) is 5.92 Å². The summed E-state index contributed by atoms with van der Waals surface area (Å²) in [7, 11) is 0. The number of carbonyl (C=O) groups is 1. The summed E-state index contributed by atoms with van der Waals surface area (Å²) in [6.07, 6.45) is 6.53. The number of rotatable bonds is 6. The van der Waals surface area contributed by atoms with E-state index in [4.69, 9.17) is 4.74 Å². The van der Waals surface area contributed by atoms with Crippen molar-refractivity contribution in [1.82, 2.24) is 10.2 Å². The van der Waals surface area contributed by atoms with Crippen LogP contribution in [0.1, 0.15) is 45.4 Å². The number of carbonyl (C=O) groups excluding carboxylic acids is 1. The van der Waals surface area contributed by atoms with Gasteiger partial charge < -0.3 is 15.0 Å². The van der Waals surface area contributed by atoms with Crippen molar-refractivity contribution in [3.05, 3.63) is 0 Å². The van der Waals surface area contributed by atoms with Crippen molar-refractivity contribution >= 4 is 5.91 Å². The minimum absolute atomic E-state index is 0.322. The molecule has 1 N–H and O–H groups in total. The lowest BCUT2D eigenvalue weighted by atomic mass is 9.89. The number of hydrogen-bond donors (Lipinski definition) is 1. The third-order valence-electron chi connectivity index (χ3n) is 4.36. The fourth-order valence-electron chi connectivity index (χ4n) is 3.31. The highest BCUT2D eigenvalue weighted by Crippen LogP contribution is 2.25. The first kappa shape index (κ1) is 14.8. The Morgan fingerprint density at radius 3 is 3.00 bits per heavy atom. The quantitative estimate of drug-likeness (QED) is 0.747. The Kier molecular flexibility index (Phi) is 6.11. The van der Waals surface area contributed by atoms with E-state index in [0.29, 0.717) is 30.9 Å².